The summed E-state index contributed by atoms with van der Waals surface area (Å²) in [5, 5.41) is 3.61. The van der Waals surface area contributed by atoms with Crippen molar-refractivity contribution in [1.29, 1.82) is 0 Å². The molecule has 6 heteroatoms. The first-order valence-electron chi connectivity index (χ1n) is 6.49. The summed E-state index contributed by atoms with van der Waals surface area (Å²) in [7, 11) is 2.05. The number of likely N-dealkylation sites (tertiary alicyclic amines) is 1. The van der Waals surface area contributed by atoms with Crippen molar-refractivity contribution in [1.82, 2.24) is 10.2 Å². The Kier molecular flexibility index (Phi) is 4.62. The lowest BCUT2D eigenvalue weighted by molar-refractivity contribution is 0.0890. The number of piperidine rings is 1. The molecule has 0 bridgehead atoms. The molecule has 1 aromatic rings. The summed E-state index contributed by atoms with van der Waals surface area (Å²) >= 11 is 11.0. The predicted molar refractivity (Wildman–Crippen MR) is 85.2 cm³/mol. The van der Waals surface area contributed by atoms with E-state index < -0.39 is 5.54 Å². The molecule has 0 unspecified atom stereocenters. The fourth-order valence-corrected chi connectivity index (χ4v) is 2.71. The van der Waals surface area contributed by atoms with Crippen LogP contribution in [0.3, 0.4) is 0 Å². The lowest BCUT2D eigenvalue weighted by atomic mass is 9.87. The molecule has 0 atom stereocenters. The van der Waals surface area contributed by atoms with Gasteiger partial charge in [-0.2, -0.15) is 0 Å². The van der Waals surface area contributed by atoms with Gasteiger partial charge in [0.25, 0.3) is 5.91 Å². The molecule has 3 N–H and O–H groups in total. The van der Waals surface area contributed by atoms with Gasteiger partial charge in [-0.1, -0.05) is 23.8 Å². The Labute approximate surface area is 129 Å². The maximum Gasteiger partial charge on any atom is 0.252 e. The summed E-state index contributed by atoms with van der Waals surface area (Å²) in [6, 6.07) is 6.77. The third-order valence-electron chi connectivity index (χ3n) is 3.77. The fourth-order valence-electron chi connectivity index (χ4n) is 2.32. The number of hydrogen-bond acceptors (Lipinski definition) is 3. The number of rotatable bonds is 3. The minimum atomic E-state index is -0.585. The fraction of sp³-hybridized carbons (Fsp3) is 0.429. The van der Waals surface area contributed by atoms with Crippen molar-refractivity contribution in [3.8, 4) is 0 Å². The highest BCUT2D eigenvalue weighted by Crippen LogP contribution is 2.23. The van der Waals surface area contributed by atoms with E-state index in [2.05, 4.69) is 10.2 Å². The Morgan fingerprint density at radius 1 is 1.35 bits per heavy atom. The van der Waals surface area contributed by atoms with Crippen LogP contribution in [0.2, 0.25) is 5.02 Å². The molecular weight excluding hydrogens is 294 g/mol. The molecule has 0 aromatic heterocycles. The van der Waals surface area contributed by atoms with Crippen LogP contribution in [0, 0.1) is 0 Å². The summed E-state index contributed by atoms with van der Waals surface area (Å²) in [6.45, 7) is 1.72. The molecule has 20 heavy (non-hydrogen) atoms. The Morgan fingerprint density at radius 3 is 2.40 bits per heavy atom. The minimum Gasteiger partial charge on any atom is -0.391 e. The van der Waals surface area contributed by atoms with Crippen LogP contribution in [-0.2, 0) is 0 Å². The van der Waals surface area contributed by atoms with E-state index in [0.717, 1.165) is 25.9 Å². The number of thiocarbonyl (C=S) groups is 1. The number of nitrogens with two attached hydrogens (primary N) is 1. The Bertz CT molecular complexity index is 510. The maximum atomic E-state index is 12.3. The van der Waals surface area contributed by atoms with Gasteiger partial charge in [-0.25, -0.2) is 0 Å². The van der Waals surface area contributed by atoms with E-state index in [0.29, 0.717) is 15.6 Å². The van der Waals surface area contributed by atoms with Crippen molar-refractivity contribution in [3.63, 3.8) is 0 Å². The normalized spacial score (nSPS) is 18.5. The number of hydrogen-bond donors (Lipinski definition) is 2. The summed E-state index contributed by atoms with van der Waals surface area (Å²) in [4.78, 5) is 14.9. The van der Waals surface area contributed by atoms with Crippen molar-refractivity contribution >= 4 is 34.7 Å². The van der Waals surface area contributed by atoms with Crippen LogP contribution in [0.25, 0.3) is 0 Å². The minimum absolute atomic E-state index is 0.168. The molecule has 1 aromatic carbocycles. The molecule has 4 nitrogen and oxygen atoms in total. The van der Waals surface area contributed by atoms with Gasteiger partial charge in [0.05, 0.1) is 10.5 Å². The zero-order valence-corrected chi connectivity index (χ0v) is 12.9. The summed E-state index contributed by atoms with van der Waals surface area (Å²) in [6.07, 6.45) is 1.47. The Hall–Kier alpha value is -1.17. The Morgan fingerprint density at radius 2 is 1.90 bits per heavy atom. The SMILES string of the molecule is CN1CCC(NC(=O)c2ccc(Cl)cc2)(C(N)=S)CC1. The molecule has 1 aliphatic rings. The first-order chi connectivity index (χ1) is 9.43. The van der Waals surface area contributed by atoms with Crippen LogP contribution >= 0.6 is 23.8 Å². The number of amides is 1. The molecule has 1 saturated heterocycles. The molecule has 0 radical (unpaired) electrons. The van der Waals surface area contributed by atoms with Gasteiger partial charge in [-0.05, 0) is 44.2 Å². The van der Waals surface area contributed by atoms with Crippen molar-refractivity contribution in [2.75, 3.05) is 20.1 Å². The lowest BCUT2D eigenvalue weighted by Gasteiger charge is -2.40. The van der Waals surface area contributed by atoms with Gasteiger partial charge in [0.2, 0.25) is 0 Å². The molecule has 1 fully saturated rings. The van der Waals surface area contributed by atoms with Crippen molar-refractivity contribution in [2.24, 2.45) is 5.73 Å². The van der Waals surface area contributed by atoms with Gasteiger partial charge in [0.15, 0.2) is 0 Å². The van der Waals surface area contributed by atoms with E-state index in [-0.39, 0.29) is 5.91 Å². The van der Waals surface area contributed by atoms with Crippen LogP contribution in [-0.4, -0.2) is 41.5 Å². The van der Waals surface area contributed by atoms with Crippen LogP contribution in [0.1, 0.15) is 23.2 Å². The summed E-state index contributed by atoms with van der Waals surface area (Å²) < 4.78 is 0. The number of nitrogens with zero attached hydrogens (tertiary/aromatic N) is 1. The first kappa shape index (κ1) is 15.2. The molecule has 0 saturated carbocycles. The van der Waals surface area contributed by atoms with E-state index >= 15 is 0 Å². The van der Waals surface area contributed by atoms with E-state index in [1.165, 1.54) is 0 Å². The molecule has 108 valence electrons. The van der Waals surface area contributed by atoms with Gasteiger partial charge in [0, 0.05) is 23.7 Å². The highest BCUT2D eigenvalue weighted by atomic mass is 35.5. The quantitative estimate of drug-likeness (QED) is 0.836. The molecule has 0 spiro atoms. The summed E-state index contributed by atoms with van der Waals surface area (Å²) in [5.74, 6) is -0.168. The van der Waals surface area contributed by atoms with Gasteiger partial charge in [-0.15, -0.1) is 0 Å². The highest BCUT2D eigenvalue weighted by molar-refractivity contribution is 7.80. The van der Waals surface area contributed by atoms with Crippen molar-refractivity contribution in [3.05, 3.63) is 34.9 Å². The maximum absolute atomic E-state index is 12.3. The van der Waals surface area contributed by atoms with Gasteiger partial charge >= 0.3 is 0 Å². The topological polar surface area (TPSA) is 58.4 Å². The first-order valence-corrected chi connectivity index (χ1v) is 7.28. The molecule has 2 rings (SSSR count). The number of benzene rings is 1. The second kappa shape index (κ2) is 6.08. The predicted octanol–water partition coefficient (Wildman–Crippen LogP) is 1.82. The van der Waals surface area contributed by atoms with E-state index in [1.54, 1.807) is 24.3 Å². The van der Waals surface area contributed by atoms with E-state index in [9.17, 15) is 4.79 Å². The number of carbonyl (C=O) groups excluding carboxylic acids is 1. The lowest BCUT2D eigenvalue weighted by Crippen LogP contribution is -2.61. The van der Waals surface area contributed by atoms with Crippen molar-refractivity contribution < 1.29 is 4.79 Å². The zero-order chi connectivity index (χ0) is 14.8. The van der Waals surface area contributed by atoms with Crippen LogP contribution in [0.15, 0.2) is 24.3 Å². The molecule has 0 aliphatic carbocycles. The summed E-state index contributed by atoms with van der Waals surface area (Å²) in [5.41, 5.74) is 5.85. The average molecular weight is 312 g/mol. The van der Waals surface area contributed by atoms with Gasteiger partial charge in [-0.3, -0.25) is 4.79 Å². The number of nitrogens with one attached hydrogen (secondary N) is 1. The second-order valence-corrected chi connectivity index (χ2v) is 6.09. The Balaban J connectivity index is 2.14. The third kappa shape index (κ3) is 3.29. The second-order valence-electron chi connectivity index (χ2n) is 5.21. The molecule has 1 aliphatic heterocycles. The third-order valence-corrected chi connectivity index (χ3v) is 4.41. The van der Waals surface area contributed by atoms with Gasteiger partial charge < -0.3 is 16.0 Å². The smallest absolute Gasteiger partial charge is 0.252 e. The number of carbonyl (C=O) groups is 1. The van der Waals surface area contributed by atoms with E-state index in [1.807, 2.05) is 7.05 Å². The number of halogens is 1. The zero-order valence-electron chi connectivity index (χ0n) is 11.4. The van der Waals surface area contributed by atoms with Crippen LogP contribution < -0.4 is 11.1 Å². The molecule has 1 heterocycles. The standard InChI is InChI=1S/C14H18ClN3OS/c1-18-8-6-14(7-9-18,13(16)20)17-12(19)10-2-4-11(15)5-3-10/h2-5H,6-9H2,1H3,(H2,16,20)(H,17,19). The molecule has 1 amide bonds. The van der Waals surface area contributed by atoms with Crippen LogP contribution in [0.5, 0.6) is 0 Å². The van der Waals surface area contributed by atoms with Crippen LogP contribution in [0.4, 0.5) is 0 Å². The monoisotopic (exact) mass is 311 g/mol. The van der Waals surface area contributed by atoms with Crippen molar-refractivity contribution in [2.45, 2.75) is 18.4 Å². The van der Waals surface area contributed by atoms with E-state index in [4.69, 9.17) is 29.6 Å². The van der Waals surface area contributed by atoms with Gasteiger partial charge in [0.1, 0.15) is 0 Å². The highest BCUT2D eigenvalue weighted by Gasteiger charge is 2.38. The molecular formula is C14H18ClN3OS. The largest absolute Gasteiger partial charge is 0.391 e. The average Bonchev–Trinajstić information content (AvgIpc) is 2.42.